The highest BCUT2D eigenvalue weighted by molar-refractivity contribution is 9.10. The number of nitrogens with one attached hydrogen (secondary N) is 1. The molecule has 0 unspecified atom stereocenters. The van der Waals surface area contributed by atoms with Gasteiger partial charge in [0.25, 0.3) is 5.91 Å². The SMILES string of the molecule is CCCOc1ccc(C(=O)N/N=C\c2ccc(OCc3ccc(Br)cc3)cc2)cc1. The molecule has 0 saturated heterocycles. The molecule has 154 valence electrons. The van der Waals surface area contributed by atoms with Crippen molar-refractivity contribution >= 4 is 28.1 Å². The van der Waals surface area contributed by atoms with Gasteiger partial charge in [0, 0.05) is 10.0 Å². The highest BCUT2D eigenvalue weighted by atomic mass is 79.9. The van der Waals surface area contributed by atoms with E-state index in [4.69, 9.17) is 9.47 Å². The zero-order chi connectivity index (χ0) is 21.2. The average Bonchev–Trinajstić information content (AvgIpc) is 2.78. The molecule has 30 heavy (non-hydrogen) atoms. The van der Waals surface area contributed by atoms with Gasteiger partial charge >= 0.3 is 0 Å². The van der Waals surface area contributed by atoms with Gasteiger partial charge in [-0.05, 0) is 78.2 Å². The van der Waals surface area contributed by atoms with E-state index >= 15 is 0 Å². The highest BCUT2D eigenvalue weighted by Gasteiger charge is 2.04. The van der Waals surface area contributed by atoms with Crippen molar-refractivity contribution in [2.75, 3.05) is 6.61 Å². The van der Waals surface area contributed by atoms with E-state index in [1.165, 1.54) is 0 Å². The summed E-state index contributed by atoms with van der Waals surface area (Å²) in [6.07, 6.45) is 2.53. The Kier molecular flexibility index (Phi) is 8.03. The molecule has 1 N–H and O–H groups in total. The van der Waals surface area contributed by atoms with Crippen LogP contribution < -0.4 is 14.9 Å². The maximum Gasteiger partial charge on any atom is 0.271 e. The van der Waals surface area contributed by atoms with Gasteiger partial charge in [-0.3, -0.25) is 4.79 Å². The van der Waals surface area contributed by atoms with Crippen LogP contribution in [0.2, 0.25) is 0 Å². The molecule has 3 rings (SSSR count). The van der Waals surface area contributed by atoms with Gasteiger partial charge < -0.3 is 9.47 Å². The molecule has 0 bridgehead atoms. The summed E-state index contributed by atoms with van der Waals surface area (Å²) in [4.78, 5) is 12.2. The van der Waals surface area contributed by atoms with Gasteiger partial charge in [-0.1, -0.05) is 35.0 Å². The Labute approximate surface area is 184 Å². The van der Waals surface area contributed by atoms with Gasteiger partial charge in [-0.15, -0.1) is 0 Å². The lowest BCUT2D eigenvalue weighted by atomic mass is 10.2. The third-order valence-electron chi connectivity index (χ3n) is 4.17. The smallest absolute Gasteiger partial charge is 0.271 e. The maximum atomic E-state index is 12.2. The van der Waals surface area contributed by atoms with Gasteiger partial charge in [-0.25, -0.2) is 5.43 Å². The number of hydrogen-bond acceptors (Lipinski definition) is 4. The van der Waals surface area contributed by atoms with Crippen molar-refractivity contribution < 1.29 is 14.3 Å². The lowest BCUT2D eigenvalue weighted by Gasteiger charge is -2.07. The Bertz CT molecular complexity index is 969. The lowest BCUT2D eigenvalue weighted by molar-refractivity contribution is 0.0955. The molecule has 3 aromatic carbocycles. The molecule has 0 aliphatic carbocycles. The summed E-state index contributed by atoms with van der Waals surface area (Å²) in [6, 6.07) is 22.5. The van der Waals surface area contributed by atoms with E-state index in [-0.39, 0.29) is 5.91 Å². The number of amides is 1. The van der Waals surface area contributed by atoms with Crippen molar-refractivity contribution in [1.82, 2.24) is 5.43 Å². The number of benzene rings is 3. The molecule has 0 aliphatic heterocycles. The lowest BCUT2D eigenvalue weighted by Crippen LogP contribution is -2.17. The summed E-state index contributed by atoms with van der Waals surface area (Å²) in [7, 11) is 0. The van der Waals surface area contributed by atoms with Gasteiger partial charge in [0.1, 0.15) is 18.1 Å². The quantitative estimate of drug-likeness (QED) is 0.330. The van der Waals surface area contributed by atoms with Crippen LogP contribution in [0.1, 0.15) is 34.8 Å². The highest BCUT2D eigenvalue weighted by Crippen LogP contribution is 2.16. The van der Waals surface area contributed by atoms with E-state index in [9.17, 15) is 4.79 Å². The molecule has 1 amide bonds. The second kappa shape index (κ2) is 11.2. The average molecular weight is 467 g/mol. The Morgan fingerprint density at radius 2 is 1.57 bits per heavy atom. The Morgan fingerprint density at radius 1 is 0.933 bits per heavy atom. The van der Waals surface area contributed by atoms with Crippen LogP contribution >= 0.6 is 15.9 Å². The van der Waals surface area contributed by atoms with Gasteiger partial charge in [0.05, 0.1) is 12.8 Å². The molecule has 3 aromatic rings. The molecule has 0 heterocycles. The molecule has 5 nitrogen and oxygen atoms in total. The molecule has 0 radical (unpaired) electrons. The van der Waals surface area contributed by atoms with E-state index in [0.717, 1.165) is 33.5 Å². The van der Waals surface area contributed by atoms with Gasteiger partial charge in [-0.2, -0.15) is 5.10 Å². The second-order valence-corrected chi connectivity index (χ2v) is 7.47. The second-order valence-electron chi connectivity index (χ2n) is 6.56. The van der Waals surface area contributed by atoms with Crippen LogP contribution in [0.3, 0.4) is 0 Å². The number of ether oxygens (including phenoxy) is 2. The molecule has 6 heteroatoms. The number of carbonyl (C=O) groups excluding carboxylic acids is 1. The first-order valence-electron chi connectivity index (χ1n) is 9.67. The standard InChI is InChI=1S/C24H23BrN2O3/c1-2-15-29-22-13-7-20(8-14-22)24(28)27-26-16-18-5-11-23(12-6-18)30-17-19-3-9-21(25)10-4-19/h3-14,16H,2,15,17H2,1H3,(H,27,28)/b26-16-. The number of hydrazone groups is 1. The zero-order valence-electron chi connectivity index (χ0n) is 16.7. The van der Waals surface area contributed by atoms with Crippen LogP contribution in [0.15, 0.2) is 82.4 Å². The van der Waals surface area contributed by atoms with Crippen LogP contribution in [0.5, 0.6) is 11.5 Å². The first kappa shape index (κ1) is 21.6. The summed E-state index contributed by atoms with van der Waals surface area (Å²) >= 11 is 3.42. The van der Waals surface area contributed by atoms with E-state index in [0.29, 0.717) is 18.8 Å². The first-order valence-corrected chi connectivity index (χ1v) is 10.5. The number of rotatable bonds is 9. The predicted octanol–water partition coefficient (Wildman–Crippen LogP) is 5.58. The third kappa shape index (κ3) is 6.74. The van der Waals surface area contributed by atoms with Crippen molar-refractivity contribution in [1.29, 1.82) is 0 Å². The Morgan fingerprint density at radius 3 is 2.23 bits per heavy atom. The summed E-state index contributed by atoms with van der Waals surface area (Å²) in [6.45, 7) is 3.20. The van der Waals surface area contributed by atoms with Crippen LogP contribution in [0.25, 0.3) is 0 Å². The fourth-order valence-electron chi connectivity index (χ4n) is 2.55. The van der Waals surface area contributed by atoms with Crippen LogP contribution in [-0.4, -0.2) is 18.7 Å². The fraction of sp³-hybridized carbons (Fsp3) is 0.167. The Hall–Kier alpha value is -3.12. The number of hydrogen-bond donors (Lipinski definition) is 1. The van der Waals surface area contributed by atoms with Gasteiger partial charge in [0.2, 0.25) is 0 Å². The van der Waals surface area contributed by atoms with Crippen LogP contribution in [-0.2, 0) is 6.61 Å². The summed E-state index contributed by atoms with van der Waals surface area (Å²) in [5.74, 6) is 1.24. The predicted molar refractivity (Wildman–Crippen MR) is 122 cm³/mol. The topological polar surface area (TPSA) is 59.9 Å². The van der Waals surface area contributed by atoms with E-state index < -0.39 is 0 Å². The van der Waals surface area contributed by atoms with Crippen molar-refractivity contribution in [3.05, 3.63) is 94.0 Å². The van der Waals surface area contributed by atoms with Crippen molar-refractivity contribution in [3.63, 3.8) is 0 Å². The number of halogens is 1. The molecule has 0 saturated carbocycles. The van der Waals surface area contributed by atoms with Crippen molar-refractivity contribution in [2.45, 2.75) is 20.0 Å². The van der Waals surface area contributed by atoms with Crippen molar-refractivity contribution in [3.8, 4) is 11.5 Å². The normalized spacial score (nSPS) is 10.7. The van der Waals surface area contributed by atoms with E-state index in [1.54, 1.807) is 30.5 Å². The third-order valence-corrected chi connectivity index (χ3v) is 4.70. The molecular formula is C24H23BrN2O3. The summed E-state index contributed by atoms with van der Waals surface area (Å²) < 4.78 is 12.3. The maximum absolute atomic E-state index is 12.2. The minimum atomic E-state index is -0.275. The van der Waals surface area contributed by atoms with Crippen LogP contribution in [0.4, 0.5) is 0 Å². The van der Waals surface area contributed by atoms with Gasteiger partial charge in [0.15, 0.2) is 0 Å². The number of carbonyl (C=O) groups is 1. The molecule has 0 spiro atoms. The number of nitrogens with zero attached hydrogens (tertiary/aromatic N) is 1. The molecule has 0 fully saturated rings. The van der Waals surface area contributed by atoms with Crippen molar-refractivity contribution in [2.24, 2.45) is 5.10 Å². The molecule has 0 aromatic heterocycles. The zero-order valence-corrected chi connectivity index (χ0v) is 18.3. The van der Waals surface area contributed by atoms with E-state index in [2.05, 4.69) is 26.5 Å². The largest absolute Gasteiger partial charge is 0.494 e. The summed E-state index contributed by atoms with van der Waals surface area (Å²) in [5.41, 5.74) is 5.00. The fourth-order valence-corrected chi connectivity index (χ4v) is 2.81. The minimum Gasteiger partial charge on any atom is -0.494 e. The van der Waals surface area contributed by atoms with E-state index in [1.807, 2.05) is 55.5 Å². The first-order chi connectivity index (χ1) is 14.6. The molecule has 0 atom stereocenters. The Balaban J connectivity index is 1.47. The van der Waals surface area contributed by atoms with Crippen LogP contribution in [0, 0.1) is 0 Å². The molecular weight excluding hydrogens is 444 g/mol. The minimum absolute atomic E-state index is 0.275. The summed E-state index contributed by atoms with van der Waals surface area (Å²) in [5, 5.41) is 4.02. The molecule has 0 aliphatic rings. The monoisotopic (exact) mass is 466 g/mol.